The van der Waals surface area contributed by atoms with Gasteiger partial charge in [-0.25, -0.2) is 0 Å². The third-order valence-electron chi connectivity index (χ3n) is 1.43. The van der Waals surface area contributed by atoms with Gasteiger partial charge in [0.2, 0.25) is 0 Å². The Morgan fingerprint density at radius 3 is 1.91 bits per heavy atom. The van der Waals surface area contributed by atoms with Crippen molar-refractivity contribution in [2.75, 3.05) is 0 Å². The maximum atomic E-state index is 8.83. The lowest BCUT2D eigenvalue weighted by atomic mass is 10.2. The Bertz CT molecular complexity index is 191. The van der Waals surface area contributed by atoms with E-state index in [4.69, 9.17) is 5.26 Å². The van der Waals surface area contributed by atoms with Crippen LogP contribution in [0, 0.1) is 17.2 Å². The van der Waals surface area contributed by atoms with Crippen molar-refractivity contribution in [3.63, 3.8) is 0 Å². The Kier molecular flexibility index (Phi) is 3.54. The maximum Gasteiger partial charge on any atom is 0.0907 e. The van der Waals surface area contributed by atoms with Crippen LogP contribution in [0.4, 0.5) is 0 Å². The van der Waals surface area contributed by atoms with Crippen molar-refractivity contribution in [3.05, 3.63) is 11.3 Å². The Labute approximate surface area is 70.7 Å². The third-order valence-corrected chi connectivity index (χ3v) is 3.32. The average molecular weight is 167 g/mol. The van der Waals surface area contributed by atoms with Crippen molar-refractivity contribution in [2.45, 2.75) is 33.5 Å². The molecule has 0 aromatic carbocycles. The first-order valence-electron chi connectivity index (χ1n) is 4.00. The molecule has 0 radical (unpaired) electrons. The molecule has 0 saturated carbocycles. The summed E-state index contributed by atoms with van der Waals surface area (Å²) in [6.07, 6.45) is 2.09. The lowest BCUT2D eigenvalue weighted by Gasteiger charge is -2.14. The zero-order valence-corrected chi connectivity index (χ0v) is 9.10. The molecule has 1 nitrogen and oxygen atoms in total. The van der Waals surface area contributed by atoms with Crippen molar-refractivity contribution in [1.82, 2.24) is 0 Å². The summed E-state index contributed by atoms with van der Waals surface area (Å²) < 4.78 is 0. The van der Waals surface area contributed by atoms with Gasteiger partial charge in [-0.2, -0.15) is 5.26 Å². The fourth-order valence-electron chi connectivity index (χ4n) is 0.788. The predicted molar refractivity (Wildman–Crippen MR) is 51.9 cm³/mol. The lowest BCUT2D eigenvalue weighted by molar-refractivity contribution is 0.829. The summed E-state index contributed by atoms with van der Waals surface area (Å²) >= 11 is 0. The first-order chi connectivity index (χ1) is 4.88. The maximum absolute atomic E-state index is 8.83. The first kappa shape index (κ1) is 10.4. The van der Waals surface area contributed by atoms with E-state index in [0.29, 0.717) is 5.92 Å². The van der Waals surface area contributed by atoms with Crippen molar-refractivity contribution in [1.29, 1.82) is 5.26 Å². The van der Waals surface area contributed by atoms with Crippen molar-refractivity contribution in [2.24, 2.45) is 5.92 Å². The Morgan fingerprint density at radius 1 is 1.36 bits per heavy atom. The van der Waals surface area contributed by atoms with Crippen LogP contribution in [0.25, 0.3) is 0 Å². The van der Waals surface area contributed by atoms with Crippen molar-refractivity contribution < 1.29 is 0 Å². The number of hydrogen-bond acceptors (Lipinski definition) is 1. The van der Waals surface area contributed by atoms with Crippen LogP contribution < -0.4 is 0 Å². The molecular formula is C9H17NSi. The van der Waals surface area contributed by atoms with Crippen LogP contribution in [-0.4, -0.2) is 8.07 Å². The van der Waals surface area contributed by atoms with Crippen LogP contribution in [0.3, 0.4) is 0 Å². The summed E-state index contributed by atoms with van der Waals surface area (Å²) in [4.78, 5) is 0. The molecule has 0 aliphatic carbocycles. The second-order valence-electron chi connectivity index (χ2n) is 4.19. The highest BCUT2D eigenvalue weighted by atomic mass is 28.3. The third kappa shape index (κ3) is 4.00. The molecule has 0 saturated heterocycles. The molecule has 0 aliphatic heterocycles. The minimum atomic E-state index is -1.35. The summed E-state index contributed by atoms with van der Waals surface area (Å²) in [7, 11) is -1.35. The summed E-state index contributed by atoms with van der Waals surface area (Å²) in [6.45, 7) is 10.8. The van der Waals surface area contributed by atoms with E-state index in [1.807, 2.05) is 0 Å². The molecule has 0 aromatic heterocycles. The van der Waals surface area contributed by atoms with Crippen LogP contribution in [0.5, 0.6) is 0 Å². The van der Waals surface area contributed by atoms with Gasteiger partial charge in [0.1, 0.15) is 0 Å². The molecule has 0 rings (SSSR count). The van der Waals surface area contributed by atoms with Crippen LogP contribution in [0.2, 0.25) is 19.6 Å². The molecule has 0 aromatic rings. The highest BCUT2D eigenvalue weighted by molar-refractivity contribution is 6.84. The van der Waals surface area contributed by atoms with Crippen LogP contribution >= 0.6 is 0 Å². The normalized spacial score (nSPS) is 13.4. The quantitative estimate of drug-likeness (QED) is 0.458. The van der Waals surface area contributed by atoms with Gasteiger partial charge in [-0.05, 0) is 5.92 Å². The number of nitrogens with zero attached hydrogens (tertiary/aromatic N) is 1. The summed E-state index contributed by atoms with van der Waals surface area (Å²) in [5.41, 5.74) is 0. The molecule has 0 N–H and O–H groups in total. The Balaban J connectivity index is 4.58. The highest BCUT2D eigenvalue weighted by Crippen LogP contribution is 2.15. The van der Waals surface area contributed by atoms with E-state index in [2.05, 4.69) is 45.6 Å². The molecule has 0 unspecified atom stereocenters. The van der Waals surface area contributed by atoms with Crippen LogP contribution in [0.15, 0.2) is 11.3 Å². The number of nitriles is 1. The number of allylic oxidation sites excluding steroid dienone is 2. The average Bonchev–Trinajstić information content (AvgIpc) is 1.79. The van der Waals surface area contributed by atoms with E-state index in [1.54, 1.807) is 0 Å². The van der Waals surface area contributed by atoms with Gasteiger partial charge in [0.15, 0.2) is 0 Å². The van der Waals surface area contributed by atoms with Crippen LogP contribution in [0.1, 0.15) is 13.8 Å². The summed E-state index contributed by atoms with van der Waals surface area (Å²) in [6, 6.07) is 2.30. The minimum absolute atomic E-state index is 0.497. The molecule has 62 valence electrons. The molecular weight excluding hydrogens is 150 g/mol. The smallest absolute Gasteiger partial charge is 0.0907 e. The Hall–Kier alpha value is -0.553. The zero-order valence-electron chi connectivity index (χ0n) is 8.10. The molecule has 0 atom stereocenters. The largest absolute Gasteiger partial charge is 0.193 e. The molecule has 0 amide bonds. The van der Waals surface area contributed by atoms with Crippen molar-refractivity contribution >= 4 is 8.07 Å². The molecule has 2 heteroatoms. The van der Waals surface area contributed by atoms with Gasteiger partial charge in [-0.1, -0.05) is 39.6 Å². The standard InChI is InChI=1S/C9H17NSi/c1-8(2)6-9(7-10)11(3,4)5/h6,8H,1-5H3. The van der Waals surface area contributed by atoms with E-state index in [-0.39, 0.29) is 0 Å². The van der Waals surface area contributed by atoms with E-state index < -0.39 is 8.07 Å². The van der Waals surface area contributed by atoms with Gasteiger partial charge in [-0.15, -0.1) is 0 Å². The van der Waals surface area contributed by atoms with E-state index in [0.717, 1.165) is 5.20 Å². The van der Waals surface area contributed by atoms with Gasteiger partial charge in [0.25, 0.3) is 0 Å². The minimum Gasteiger partial charge on any atom is -0.193 e. The summed E-state index contributed by atoms with van der Waals surface area (Å²) in [5, 5.41) is 9.85. The van der Waals surface area contributed by atoms with E-state index >= 15 is 0 Å². The van der Waals surface area contributed by atoms with Crippen LogP contribution in [-0.2, 0) is 0 Å². The number of hydrogen-bond donors (Lipinski definition) is 0. The fourth-order valence-corrected chi connectivity index (χ4v) is 1.96. The van der Waals surface area contributed by atoms with Crippen molar-refractivity contribution in [3.8, 4) is 6.07 Å². The lowest BCUT2D eigenvalue weighted by Crippen LogP contribution is -2.23. The Morgan fingerprint density at radius 2 is 1.82 bits per heavy atom. The SMILES string of the molecule is CC(C)C=C(C#N)[Si](C)(C)C. The van der Waals surface area contributed by atoms with Gasteiger partial charge >= 0.3 is 0 Å². The van der Waals surface area contributed by atoms with Gasteiger partial charge in [0.05, 0.1) is 14.1 Å². The summed E-state index contributed by atoms with van der Waals surface area (Å²) in [5.74, 6) is 0.497. The second-order valence-corrected chi connectivity index (χ2v) is 9.22. The molecule has 0 fully saturated rings. The monoisotopic (exact) mass is 167 g/mol. The van der Waals surface area contributed by atoms with Gasteiger partial charge < -0.3 is 0 Å². The molecule has 0 heterocycles. The first-order valence-corrected chi connectivity index (χ1v) is 7.50. The fraction of sp³-hybridized carbons (Fsp3) is 0.667. The highest BCUT2D eigenvalue weighted by Gasteiger charge is 2.19. The number of rotatable bonds is 2. The topological polar surface area (TPSA) is 23.8 Å². The van der Waals surface area contributed by atoms with Gasteiger partial charge in [-0.3, -0.25) is 0 Å². The molecule has 0 aliphatic rings. The zero-order chi connectivity index (χ0) is 9.07. The van der Waals surface area contributed by atoms with E-state index in [1.165, 1.54) is 0 Å². The van der Waals surface area contributed by atoms with E-state index in [9.17, 15) is 0 Å². The van der Waals surface area contributed by atoms with Gasteiger partial charge in [0, 0.05) is 5.20 Å². The molecule has 0 bridgehead atoms. The predicted octanol–water partition coefficient (Wildman–Crippen LogP) is 2.97. The molecule has 0 spiro atoms. The molecule has 11 heavy (non-hydrogen) atoms. The second kappa shape index (κ2) is 3.73.